The molecule has 10 heavy (non-hydrogen) atoms. The predicted molar refractivity (Wildman–Crippen MR) is 36.2 cm³/mol. The molecule has 0 aromatic heterocycles. The molecule has 0 atom stereocenters. The number of hydrogen-bond acceptors (Lipinski definition) is 2. The average Bonchev–Trinajstić information content (AvgIpc) is 1.63. The van der Waals surface area contributed by atoms with Crippen LogP contribution in [0.15, 0.2) is 12.2 Å². The van der Waals surface area contributed by atoms with E-state index in [1.54, 1.807) is 0 Å². The number of carboxylic acid groups (broad SMARTS) is 2. The number of rotatable bonds is 3. The van der Waals surface area contributed by atoms with Crippen molar-refractivity contribution in [1.82, 2.24) is 0 Å². The summed E-state index contributed by atoms with van der Waals surface area (Å²) in [5.41, 5.74) is -0.303. The van der Waals surface area contributed by atoms with Gasteiger partial charge in [0.15, 0.2) is 0 Å². The van der Waals surface area contributed by atoms with Crippen molar-refractivity contribution in [2.75, 3.05) is 0 Å². The van der Waals surface area contributed by atoms with E-state index in [9.17, 15) is 9.59 Å². The molecular weight excluding hydrogens is 257 g/mol. The second-order valence-corrected chi connectivity index (χ2v) is 1.48. The minimum absolute atomic E-state index is 0. The van der Waals surface area contributed by atoms with Gasteiger partial charge in [0.05, 0.1) is 6.42 Å². The molecular formula is C5H7CsO4. The summed E-state index contributed by atoms with van der Waals surface area (Å²) in [6.45, 7) is 3.01. The zero-order valence-corrected chi connectivity index (χ0v) is 4.63. The molecule has 0 amide bonds. The van der Waals surface area contributed by atoms with Crippen LogP contribution in [0.4, 0.5) is 0 Å². The van der Waals surface area contributed by atoms with E-state index in [-0.39, 0.29) is 74.5 Å². The van der Waals surface area contributed by atoms with Crippen LogP contribution < -0.4 is 0 Å². The average molecular weight is 264 g/mol. The molecule has 5 heteroatoms. The van der Waals surface area contributed by atoms with Crippen molar-refractivity contribution in [2.24, 2.45) is 0 Å². The Hall–Kier alpha value is 0.732. The molecule has 0 radical (unpaired) electrons. The second kappa shape index (κ2) is 6.44. The zero-order chi connectivity index (χ0) is 7.44. The van der Waals surface area contributed by atoms with Gasteiger partial charge in [-0.15, -0.1) is 0 Å². The second-order valence-electron chi connectivity index (χ2n) is 1.48. The molecule has 0 aliphatic rings. The Morgan fingerprint density at radius 1 is 1.30 bits per heavy atom. The SMILES string of the molecule is C=C(CC(=O)O)C(=O)O.[CsH]. The molecule has 0 saturated carbocycles. The topological polar surface area (TPSA) is 74.6 Å². The Balaban J connectivity index is 0. The monoisotopic (exact) mass is 264 g/mol. The predicted octanol–water partition coefficient (Wildman–Crippen LogP) is -0.547. The van der Waals surface area contributed by atoms with Crippen LogP contribution in [0.3, 0.4) is 0 Å². The third-order valence-corrected chi connectivity index (χ3v) is 0.667. The van der Waals surface area contributed by atoms with Crippen LogP contribution >= 0.6 is 0 Å². The fraction of sp³-hybridized carbons (Fsp3) is 0.200. The molecule has 2 N–H and O–H groups in total. The minimum atomic E-state index is -1.27. The van der Waals surface area contributed by atoms with Gasteiger partial charge in [0.25, 0.3) is 0 Å². The molecule has 0 aliphatic heterocycles. The summed E-state index contributed by atoms with van der Waals surface area (Å²) < 4.78 is 0. The van der Waals surface area contributed by atoms with Gasteiger partial charge in [-0.1, -0.05) is 6.58 Å². The molecule has 0 rings (SSSR count). The third-order valence-electron chi connectivity index (χ3n) is 0.667. The van der Waals surface area contributed by atoms with Crippen LogP contribution in [0.5, 0.6) is 0 Å². The van der Waals surface area contributed by atoms with Crippen LogP contribution in [0, 0.1) is 0 Å². The van der Waals surface area contributed by atoms with Crippen LogP contribution in [-0.4, -0.2) is 91.0 Å². The standard InChI is InChI=1S/C5H6O4.Cs.H/c1-3(5(8)9)2-4(6)7;;/h1-2H2,(H,6,7)(H,8,9);;. The first-order valence-corrected chi connectivity index (χ1v) is 2.17. The van der Waals surface area contributed by atoms with E-state index in [1.807, 2.05) is 0 Å². The van der Waals surface area contributed by atoms with Gasteiger partial charge in [-0.3, -0.25) is 4.79 Å². The van der Waals surface area contributed by atoms with Crippen molar-refractivity contribution in [3.8, 4) is 0 Å². The normalized spacial score (nSPS) is 7.60. The van der Waals surface area contributed by atoms with Crippen molar-refractivity contribution in [3.63, 3.8) is 0 Å². The van der Waals surface area contributed by atoms with Crippen LogP contribution in [-0.2, 0) is 9.59 Å². The van der Waals surface area contributed by atoms with E-state index >= 15 is 0 Å². The zero-order valence-electron chi connectivity index (χ0n) is 4.63. The number of hydrogen-bond donors (Lipinski definition) is 2. The van der Waals surface area contributed by atoms with Gasteiger partial charge < -0.3 is 10.2 Å². The number of carboxylic acids is 2. The van der Waals surface area contributed by atoms with Crippen LogP contribution in [0.2, 0.25) is 0 Å². The summed E-state index contributed by atoms with van der Waals surface area (Å²) >= 11 is 0. The summed E-state index contributed by atoms with van der Waals surface area (Å²) in [5, 5.41) is 16.1. The van der Waals surface area contributed by atoms with Crippen molar-refractivity contribution in [1.29, 1.82) is 0 Å². The summed E-state index contributed by atoms with van der Waals surface area (Å²) in [6.07, 6.45) is -0.505. The van der Waals surface area contributed by atoms with Gasteiger partial charge in [-0.05, 0) is 0 Å². The van der Waals surface area contributed by atoms with Gasteiger partial charge in [0.1, 0.15) is 0 Å². The molecule has 0 fully saturated rings. The van der Waals surface area contributed by atoms with Gasteiger partial charge in [0, 0.05) is 5.57 Å². The Morgan fingerprint density at radius 2 is 1.70 bits per heavy atom. The molecule has 52 valence electrons. The van der Waals surface area contributed by atoms with E-state index in [4.69, 9.17) is 10.2 Å². The van der Waals surface area contributed by atoms with E-state index in [1.165, 1.54) is 0 Å². The van der Waals surface area contributed by atoms with Crippen LogP contribution in [0.25, 0.3) is 0 Å². The first kappa shape index (κ1) is 13.3. The molecule has 0 saturated heterocycles. The van der Waals surface area contributed by atoms with Crippen molar-refractivity contribution in [3.05, 3.63) is 12.2 Å². The molecule has 0 spiro atoms. The van der Waals surface area contributed by atoms with E-state index in [2.05, 4.69) is 6.58 Å². The Labute approximate surface area is 117 Å². The summed E-state index contributed by atoms with van der Waals surface area (Å²) in [4.78, 5) is 19.7. The fourth-order valence-corrected chi connectivity index (χ4v) is 0.258. The van der Waals surface area contributed by atoms with Gasteiger partial charge in [-0.25, -0.2) is 4.79 Å². The summed E-state index contributed by atoms with van der Waals surface area (Å²) in [7, 11) is 0. The summed E-state index contributed by atoms with van der Waals surface area (Å²) in [5.74, 6) is -2.44. The Bertz CT molecular complexity index is 163. The maximum atomic E-state index is 9.87. The Kier molecular flexibility index (Phi) is 8.59. The molecule has 0 aromatic carbocycles. The van der Waals surface area contributed by atoms with Gasteiger partial charge in [0.2, 0.25) is 0 Å². The molecule has 4 nitrogen and oxygen atoms in total. The van der Waals surface area contributed by atoms with Gasteiger partial charge >= 0.3 is 80.8 Å². The van der Waals surface area contributed by atoms with Crippen molar-refractivity contribution in [2.45, 2.75) is 6.42 Å². The molecule has 0 unspecified atom stereocenters. The number of carbonyl (C=O) groups is 2. The van der Waals surface area contributed by atoms with Crippen molar-refractivity contribution >= 4 is 80.8 Å². The summed E-state index contributed by atoms with van der Waals surface area (Å²) in [6, 6.07) is 0. The third kappa shape index (κ3) is 6.85. The fourth-order valence-electron chi connectivity index (χ4n) is 0.258. The van der Waals surface area contributed by atoms with E-state index in [0.29, 0.717) is 0 Å². The van der Waals surface area contributed by atoms with Gasteiger partial charge in [-0.2, -0.15) is 0 Å². The molecule has 0 aromatic rings. The molecule has 0 aliphatic carbocycles. The van der Waals surface area contributed by atoms with Crippen LogP contribution in [0.1, 0.15) is 6.42 Å². The molecule has 0 heterocycles. The van der Waals surface area contributed by atoms with Crippen molar-refractivity contribution < 1.29 is 19.8 Å². The molecule has 0 bridgehead atoms. The van der Waals surface area contributed by atoms with E-state index in [0.717, 1.165) is 0 Å². The Morgan fingerprint density at radius 3 is 1.80 bits per heavy atom. The van der Waals surface area contributed by atoms with E-state index < -0.39 is 18.4 Å². The first-order chi connectivity index (χ1) is 4.04. The quantitative estimate of drug-likeness (QED) is 0.671. The first-order valence-electron chi connectivity index (χ1n) is 2.17. The maximum absolute atomic E-state index is 9.87. The number of aliphatic carboxylic acids is 2.